The van der Waals surface area contributed by atoms with Crippen LogP contribution in [0, 0.1) is 37.5 Å². The number of likely N-dealkylation sites (tertiary alicyclic amines) is 1. The van der Waals surface area contributed by atoms with Gasteiger partial charge in [-0.25, -0.2) is 24.2 Å². The number of likely N-dealkylation sites (N-methyl/N-ethyl adjacent to an activating group) is 4. The lowest BCUT2D eigenvalue weighted by Crippen LogP contribution is -2.61. The zero-order valence-electron chi connectivity index (χ0n) is 75.5. The van der Waals surface area contributed by atoms with Crippen LogP contribution in [0.5, 0.6) is 0 Å². The summed E-state index contributed by atoms with van der Waals surface area (Å²) in [6, 6.07) is -1.08. The lowest BCUT2D eigenvalue weighted by atomic mass is 9.98. The molecule has 40 heteroatoms. The number of amides is 12. The van der Waals surface area contributed by atoms with Gasteiger partial charge in [0.05, 0.1) is 42.6 Å². The summed E-state index contributed by atoms with van der Waals surface area (Å²) in [4.78, 5) is 257. The largest absolute Gasteiger partial charge is 0.480 e. The summed E-state index contributed by atoms with van der Waals surface area (Å²) in [6.45, 7) is 23.7. The molecule has 5 fully saturated rings. The van der Waals surface area contributed by atoms with E-state index in [0.717, 1.165) is 15.4 Å². The van der Waals surface area contributed by atoms with E-state index in [2.05, 4.69) is 44.5 Å². The van der Waals surface area contributed by atoms with Crippen LogP contribution in [-0.4, -0.2) is 308 Å². The molecular formula is C87H123N15O24S. The standard InChI is InChI=1S/C62H86N12O16.C20H28N2O5.C5H9NO3S/c1-27(2)42-59(84)73-23-17-19-36(73)57(82)69(13)25-38(75)71(15)48(29(5)6)61(86)88-33(11)44(55(80)65-42)67-53(78)35-22-21-31(9)51-46(35)64-47-40(41(63)50(77)32(10)52(47)90-51)54(79)68-45-34(12)89-62(87)49(30(7)8)72(16)39(76)26-70(14)58(83)37-20-18-24-74(37)60(85)43(28(3)4)66-56(45)81;1-3-27-20(26)16(12-11-15-8-5-4-6-9-15)21-14(2)18(23)22-13-7-10-17(22)19(24)25;1-3(7)6-4(2-10)5(8)9/h21-22,27-30,33-34,36-37,42-45,48-49H,17-20,23-26,63H2,1-16H3,(H,65,80)(H,66,81)(H,67,78)(H,68,79);4-6,8-9,14,16-17,21H,3,7,10-13H2,1-2H3,(H,24,25);4,10H,2H2,1H3,(H,6,7)(H,8,9)/t33-,34-,36+,37+,42-,43-,44+,45+,48+,49+;14-,16-,17-;4-/m100/s1. The number of fused-ring (bicyclic) bond motifs is 4. The van der Waals surface area contributed by atoms with E-state index in [1.807, 2.05) is 30.3 Å². The van der Waals surface area contributed by atoms with Crippen molar-refractivity contribution in [2.24, 2.45) is 23.7 Å². The molecular weight excluding hydrogens is 1670 g/mol. The van der Waals surface area contributed by atoms with E-state index in [0.29, 0.717) is 50.6 Å². The van der Waals surface area contributed by atoms with Crippen molar-refractivity contribution < 1.29 is 110 Å². The molecule has 127 heavy (non-hydrogen) atoms. The van der Waals surface area contributed by atoms with Crippen molar-refractivity contribution in [1.29, 1.82) is 0 Å². The Hall–Kier alpha value is -11.8. The van der Waals surface area contributed by atoms with Crippen LogP contribution < -0.4 is 43.1 Å². The normalized spacial score (nSPS) is 23.5. The molecule has 10 N–H and O–H groups in total. The first kappa shape index (κ1) is 102. The van der Waals surface area contributed by atoms with Crippen molar-refractivity contribution in [3.63, 3.8) is 0 Å². The van der Waals surface area contributed by atoms with Gasteiger partial charge in [0.25, 0.3) is 11.8 Å². The predicted molar refractivity (Wildman–Crippen MR) is 465 cm³/mol. The maximum atomic E-state index is 15.2. The van der Waals surface area contributed by atoms with Crippen molar-refractivity contribution in [2.75, 3.05) is 79.0 Å². The average Bonchev–Trinajstić information content (AvgIpc) is 1.34. The summed E-state index contributed by atoms with van der Waals surface area (Å²) in [7, 11) is 5.59. The molecule has 9 rings (SSSR count). The predicted octanol–water partition coefficient (Wildman–Crippen LogP) is 1.84. The van der Waals surface area contributed by atoms with Gasteiger partial charge in [-0.05, 0) is 134 Å². The first-order chi connectivity index (χ1) is 59.6. The van der Waals surface area contributed by atoms with E-state index >= 15 is 9.59 Å². The Morgan fingerprint density at radius 1 is 0.638 bits per heavy atom. The Balaban J connectivity index is 0.000000491. The fraction of sp³-hybridized carbons (Fsp3) is 0.598. The van der Waals surface area contributed by atoms with Crippen LogP contribution in [0.15, 0.2) is 51.7 Å². The van der Waals surface area contributed by atoms with Gasteiger partial charge in [0.15, 0.2) is 11.3 Å². The number of carboxylic acids is 2. The fourth-order valence-electron chi connectivity index (χ4n) is 16.1. The number of carboxylic acid groups (broad SMARTS) is 2. The van der Waals surface area contributed by atoms with E-state index in [9.17, 15) is 81.8 Å². The quantitative estimate of drug-likeness (QED) is 0.0198. The molecule has 6 heterocycles. The topological polar surface area (TPSA) is 522 Å². The monoisotopic (exact) mass is 1790 g/mol. The van der Waals surface area contributed by atoms with Gasteiger partial charge in [-0.3, -0.25) is 72.4 Å². The third-order valence-electron chi connectivity index (χ3n) is 23.2. The van der Waals surface area contributed by atoms with Crippen LogP contribution in [-0.2, 0) is 92.5 Å². The molecule has 6 aliphatic heterocycles. The van der Waals surface area contributed by atoms with Crippen LogP contribution in [0.2, 0.25) is 0 Å². The lowest BCUT2D eigenvalue weighted by Gasteiger charge is -2.36. The fourth-order valence-corrected chi connectivity index (χ4v) is 16.3. The molecule has 0 saturated carbocycles. The molecule has 5 saturated heterocycles. The summed E-state index contributed by atoms with van der Waals surface area (Å²) in [5.74, 6) is -15.4. The number of hydrogen-bond donors (Lipinski definition) is 10. The first-order valence-electron chi connectivity index (χ1n) is 42.6. The van der Waals surface area contributed by atoms with Crippen LogP contribution >= 0.6 is 12.6 Å². The van der Waals surface area contributed by atoms with Crippen molar-refractivity contribution >= 4 is 130 Å². The second-order valence-corrected chi connectivity index (χ2v) is 34.4. The highest BCUT2D eigenvalue weighted by molar-refractivity contribution is 7.80. The highest BCUT2D eigenvalue weighted by atomic mass is 32.1. The summed E-state index contributed by atoms with van der Waals surface area (Å²) >= 11 is 3.73. The van der Waals surface area contributed by atoms with Gasteiger partial charge >= 0.3 is 29.8 Å². The van der Waals surface area contributed by atoms with Gasteiger partial charge in [-0.2, -0.15) is 12.6 Å². The number of carbonyl (C=O) groups excluding carboxylic acids is 15. The van der Waals surface area contributed by atoms with Gasteiger partial charge in [-0.15, -0.1) is 0 Å². The van der Waals surface area contributed by atoms with E-state index in [1.165, 1.54) is 92.5 Å². The number of aryl methyl sites for hydroxylation is 2. The number of nitrogen functional groups attached to an aromatic ring is 1. The third kappa shape index (κ3) is 24.7. The Labute approximate surface area is 742 Å². The molecule has 0 unspecified atom stereocenters. The summed E-state index contributed by atoms with van der Waals surface area (Å²) < 4.78 is 23.4. The highest BCUT2D eigenvalue weighted by Crippen LogP contribution is 2.36. The molecule has 2 aromatic carbocycles. The van der Waals surface area contributed by atoms with Crippen LogP contribution in [0.1, 0.15) is 172 Å². The first-order valence-corrected chi connectivity index (χ1v) is 43.3. The Morgan fingerprint density at radius 3 is 1.55 bits per heavy atom. The second kappa shape index (κ2) is 45.0. The minimum atomic E-state index is -1.88. The molecule has 7 aliphatic rings. The number of nitrogens with zero attached hydrogens (tertiary/aromatic N) is 8. The Kier molecular flexibility index (Phi) is 36.3. The number of aliphatic carboxylic acids is 2. The Bertz CT molecular complexity index is 4810. The maximum absolute atomic E-state index is 15.2. The molecule has 0 spiro atoms. The van der Waals surface area contributed by atoms with Gasteiger partial charge < -0.3 is 95.5 Å². The number of esters is 3. The SMILES string of the molecule is CC(=O)N[C@@H](CS)C(=O)O.CCOC(=O)[C@H](CCc1ccccc1)N[C@@H](C)C(=O)N1CCC[C@H]1C(=O)O.Cc1c2oc3c(C)ccc(C(=O)N[C@@H]4C(=O)N[C@H](C(C)C)C(=O)N5CCC[C@H]5C(=O)N(C)CC(=O)N(C)[C@@H](C(C)C)C(=O)O[C@@H]4C)c3nc-2c(C(=O)N[C@@H]2C(=O)N[C@H](C(C)C)C(=O)N3CCC[C@H]3C(=O)N(C)CC(=O)N(C)[C@@H](C(C)C)C(=O)O[C@@H]2C)c(N)c1=O. The highest BCUT2D eigenvalue weighted by Gasteiger charge is 2.48. The number of carbonyl (C=O) groups is 17. The molecule has 1 aliphatic carbocycles. The number of nitrogens with one attached hydrogen (secondary N) is 6. The summed E-state index contributed by atoms with van der Waals surface area (Å²) in [5, 5.41) is 33.6. The lowest BCUT2D eigenvalue weighted by molar-refractivity contribution is -0.163. The van der Waals surface area contributed by atoms with E-state index in [4.69, 9.17) is 34.5 Å². The molecule has 14 atom stereocenters. The molecule has 2 aromatic rings. The zero-order chi connectivity index (χ0) is 94.9. The van der Waals surface area contributed by atoms with Crippen LogP contribution in [0.4, 0.5) is 5.69 Å². The van der Waals surface area contributed by atoms with Crippen molar-refractivity contribution in [3.05, 3.63) is 80.5 Å². The molecule has 696 valence electrons. The van der Waals surface area contributed by atoms with Crippen LogP contribution in [0.25, 0.3) is 22.6 Å². The number of rotatable bonds is 20. The third-order valence-corrected chi connectivity index (χ3v) is 23.5. The molecule has 0 radical (unpaired) electrons. The number of thiol groups is 1. The van der Waals surface area contributed by atoms with Gasteiger partial charge in [0.2, 0.25) is 64.5 Å². The smallest absolute Gasteiger partial charge is 0.329 e. The maximum Gasteiger partial charge on any atom is 0.329 e. The van der Waals surface area contributed by atoms with Crippen molar-refractivity contribution in [1.82, 2.24) is 71.2 Å². The van der Waals surface area contributed by atoms with Gasteiger partial charge in [0.1, 0.15) is 89.9 Å². The molecule has 39 nitrogen and oxygen atoms in total. The van der Waals surface area contributed by atoms with Crippen LogP contribution in [0.3, 0.4) is 0 Å². The zero-order valence-corrected chi connectivity index (χ0v) is 76.4. The molecule has 0 aromatic heterocycles. The van der Waals surface area contributed by atoms with Gasteiger partial charge in [0, 0.05) is 66.1 Å². The summed E-state index contributed by atoms with van der Waals surface area (Å²) in [5.41, 5.74) is 4.66. The second-order valence-electron chi connectivity index (χ2n) is 34.1. The minimum Gasteiger partial charge on any atom is -0.480 e. The number of cyclic esters (lactones) is 2. The number of anilines is 1. The van der Waals surface area contributed by atoms with E-state index in [1.54, 1.807) is 76.2 Å². The number of hydrogen-bond acceptors (Lipinski definition) is 26. The Morgan fingerprint density at radius 2 is 1.12 bits per heavy atom. The minimum absolute atomic E-state index is 0.0763. The molecule has 0 bridgehead atoms. The van der Waals surface area contributed by atoms with E-state index in [-0.39, 0.29) is 78.1 Å². The van der Waals surface area contributed by atoms with E-state index < -0.39 is 233 Å². The number of nitrogens with two attached hydrogens (primary N) is 1. The number of benzene rings is 3. The van der Waals surface area contributed by atoms with Crippen molar-refractivity contribution in [3.8, 4) is 11.5 Å². The summed E-state index contributed by atoms with van der Waals surface area (Å²) in [6.07, 6.45) is 0.637. The molecule has 12 amide bonds. The van der Waals surface area contributed by atoms with Crippen molar-refractivity contribution in [2.45, 2.75) is 240 Å². The average molecular weight is 1800 g/mol. The number of ether oxygens (including phenoxy) is 3. The van der Waals surface area contributed by atoms with Gasteiger partial charge in [-0.1, -0.05) is 91.8 Å². The number of aromatic nitrogens is 1.